The van der Waals surface area contributed by atoms with Crippen LogP contribution in [-0.2, 0) is 6.54 Å². The van der Waals surface area contributed by atoms with Gasteiger partial charge in [-0.15, -0.1) is 22.7 Å². The van der Waals surface area contributed by atoms with Gasteiger partial charge in [-0.2, -0.15) is 10.2 Å². The molecule has 0 unspecified atom stereocenters. The van der Waals surface area contributed by atoms with E-state index in [2.05, 4.69) is 24.2 Å². The summed E-state index contributed by atoms with van der Waals surface area (Å²) in [4.78, 5) is 26.9. The molecule has 1 aliphatic heterocycles. The Labute approximate surface area is 199 Å². The number of hydrogen-bond donors (Lipinski definition) is 0. The van der Waals surface area contributed by atoms with E-state index in [1.54, 1.807) is 22.7 Å². The van der Waals surface area contributed by atoms with Crippen LogP contribution >= 0.6 is 22.7 Å². The molecule has 1 fully saturated rings. The molecule has 8 nitrogen and oxygen atoms in total. The van der Waals surface area contributed by atoms with Crippen molar-refractivity contribution < 1.29 is 9.72 Å². The Kier molecular flexibility index (Phi) is 5.71. The number of nitro groups is 1. The smallest absolute Gasteiger partial charge is 0.265 e. The topological polar surface area (TPSA) is 93.6 Å². The molecule has 0 aromatic carbocycles. The summed E-state index contributed by atoms with van der Waals surface area (Å²) >= 11 is 3.24. The van der Waals surface area contributed by atoms with Gasteiger partial charge in [-0.25, -0.2) is 5.01 Å². The zero-order valence-corrected chi connectivity index (χ0v) is 19.9. The van der Waals surface area contributed by atoms with Gasteiger partial charge < -0.3 is 0 Å². The maximum atomic E-state index is 13.7. The van der Waals surface area contributed by atoms with Gasteiger partial charge >= 0.3 is 11.6 Å². The molecule has 0 N–H and O–H groups in total. The summed E-state index contributed by atoms with van der Waals surface area (Å²) in [6.45, 7) is 4.49. The van der Waals surface area contributed by atoms with Crippen molar-refractivity contribution in [1.82, 2.24) is 14.8 Å². The average molecular weight is 482 g/mol. The number of aryl methyl sites for hydroxylation is 1. The van der Waals surface area contributed by atoms with Crippen LogP contribution in [0.15, 0.2) is 51.9 Å². The zero-order valence-electron chi connectivity index (χ0n) is 18.2. The molecule has 0 radical (unpaired) electrons. The van der Waals surface area contributed by atoms with Crippen LogP contribution in [0.3, 0.4) is 0 Å². The highest BCUT2D eigenvalue weighted by molar-refractivity contribution is 7.11. The summed E-state index contributed by atoms with van der Waals surface area (Å²) in [6.07, 6.45) is 5.27. The molecule has 3 aromatic heterocycles. The van der Waals surface area contributed by atoms with Crippen molar-refractivity contribution in [1.29, 1.82) is 0 Å². The van der Waals surface area contributed by atoms with Crippen LogP contribution in [0.2, 0.25) is 0 Å². The summed E-state index contributed by atoms with van der Waals surface area (Å²) < 4.78 is 1.42. The highest BCUT2D eigenvalue weighted by atomic mass is 32.1. The molecule has 5 rings (SSSR count). The predicted octanol–water partition coefficient (Wildman–Crippen LogP) is 5.62. The number of rotatable bonds is 5. The molecule has 0 bridgehead atoms. The van der Waals surface area contributed by atoms with E-state index in [9.17, 15) is 14.9 Å². The normalized spacial score (nSPS) is 23.6. The zero-order chi connectivity index (χ0) is 23.1. The summed E-state index contributed by atoms with van der Waals surface area (Å²) in [7, 11) is 0. The number of allylic oxidation sites excluding steroid dienone is 1. The minimum atomic E-state index is -0.549. The number of fused-ring (bicyclic) bond motifs is 1. The molecular formula is C23H23N5O3S2. The van der Waals surface area contributed by atoms with Gasteiger partial charge in [-0.05, 0) is 60.2 Å². The molecule has 0 saturated heterocycles. The van der Waals surface area contributed by atoms with Crippen LogP contribution in [0.5, 0.6) is 0 Å². The molecule has 0 spiro atoms. The third-order valence-corrected chi connectivity index (χ3v) is 7.90. The van der Waals surface area contributed by atoms with E-state index in [4.69, 9.17) is 5.10 Å². The lowest BCUT2D eigenvalue weighted by Gasteiger charge is -2.31. The molecule has 1 saturated carbocycles. The van der Waals surface area contributed by atoms with Crippen LogP contribution in [0.1, 0.15) is 53.0 Å². The molecule has 3 aromatic rings. The van der Waals surface area contributed by atoms with E-state index in [-0.39, 0.29) is 23.3 Å². The number of nitrogens with zero attached hydrogens (tertiary/aromatic N) is 5. The molecule has 170 valence electrons. The first-order chi connectivity index (χ1) is 16.0. The van der Waals surface area contributed by atoms with Crippen LogP contribution in [0.4, 0.5) is 5.69 Å². The molecule has 4 heterocycles. The summed E-state index contributed by atoms with van der Waals surface area (Å²) in [5.41, 5.74) is 1.59. The Morgan fingerprint density at radius 2 is 2.09 bits per heavy atom. The fraction of sp³-hybridized carbons (Fsp3) is 0.348. The number of aromatic nitrogens is 2. The number of hydrazone groups is 1. The lowest BCUT2D eigenvalue weighted by atomic mass is 9.74. The lowest BCUT2D eigenvalue weighted by Crippen LogP contribution is -2.33. The second-order valence-corrected chi connectivity index (χ2v) is 10.4. The van der Waals surface area contributed by atoms with E-state index >= 15 is 0 Å². The standard InChI is InChI=1S/C23H23N5O3S2/c1-3-26-13-18(28(30)31)21(24-26)23(29)27-22(19-7-5-9-33-19)17-11-14(2)10-15(20(17)25-27)12-16-6-4-8-32-16/h4-9,12-14,17,22H,3,10-11H2,1-2H3/b15-12-/t14-,17-,22+/m0/s1. The number of carbonyl (C=O) groups excluding carboxylic acids is 1. The van der Waals surface area contributed by atoms with E-state index in [0.717, 1.165) is 33.9 Å². The fourth-order valence-corrected chi connectivity index (χ4v) is 6.26. The maximum Gasteiger partial charge on any atom is 0.320 e. The molecule has 10 heteroatoms. The molecule has 2 aliphatic rings. The Balaban J connectivity index is 1.61. The third kappa shape index (κ3) is 3.93. The Morgan fingerprint density at radius 1 is 1.30 bits per heavy atom. The Hall–Kier alpha value is -3.11. The minimum absolute atomic E-state index is 0.0369. The quantitative estimate of drug-likeness (QED) is 0.349. The van der Waals surface area contributed by atoms with Crippen LogP contribution < -0.4 is 0 Å². The summed E-state index contributed by atoms with van der Waals surface area (Å²) in [6, 6.07) is 7.76. The average Bonchev–Trinajstić information content (AvgIpc) is 3.58. The summed E-state index contributed by atoms with van der Waals surface area (Å²) in [5, 5.41) is 26.2. The van der Waals surface area contributed by atoms with Crippen LogP contribution in [0.25, 0.3) is 6.08 Å². The highest BCUT2D eigenvalue weighted by Gasteiger charge is 2.47. The number of thiophene rings is 2. The van der Waals surface area contributed by atoms with Crippen molar-refractivity contribution in [3.05, 3.63) is 72.4 Å². The second-order valence-electron chi connectivity index (χ2n) is 8.41. The van der Waals surface area contributed by atoms with Crippen molar-refractivity contribution >= 4 is 46.1 Å². The first-order valence-corrected chi connectivity index (χ1v) is 12.6. The van der Waals surface area contributed by atoms with E-state index in [0.29, 0.717) is 12.5 Å². The predicted molar refractivity (Wildman–Crippen MR) is 129 cm³/mol. The lowest BCUT2D eigenvalue weighted by molar-refractivity contribution is -0.385. The van der Waals surface area contributed by atoms with Gasteiger partial charge in [0.25, 0.3) is 0 Å². The largest absolute Gasteiger partial charge is 0.320 e. The van der Waals surface area contributed by atoms with Crippen molar-refractivity contribution in [2.75, 3.05) is 0 Å². The number of carbonyl (C=O) groups is 1. The van der Waals surface area contributed by atoms with E-state index in [1.165, 1.54) is 15.9 Å². The maximum absolute atomic E-state index is 13.7. The number of amides is 1. The van der Waals surface area contributed by atoms with Gasteiger partial charge in [-0.3, -0.25) is 19.6 Å². The molecule has 1 amide bonds. The SMILES string of the molecule is CCn1cc([N+](=O)[O-])c(C(=O)N2N=C3/C(=C\c4cccs4)C[C@H](C)C[C@@H]3[C@@H]2c2cccs2)n1. The summed E-state index contributed by atoms with van der Waals surface area (Å²) in [5.74, 6) is -0.0569. The van der Waals surface area contributed by atoms with E-state index in [1.807, 2.05) is 35.9 Å². The van der Waals surface area contributed by atoms with Crippen molar-refractivity contribution in [2.24, 2.45) is 16.9 Å². The van der Waals surface area contributed by atoms with Crippen LogP contribution in [-0.4, -0.2) is 31.3 Å². The Morgan fingerprint density at radius 3 is 2.76 bits per heavy atom. The van der Waals surface area contributed by atoms with Crippen LogP contribution in [0, 0.1) is 22.0 Å². The molecular weight excluding hydrogens is 458 g/mol. The second kappa shape index (κ2) is 8.68. The van der Waals surface area contributed by atoms with Gasteiger partial charge in [-0.1, -0.05) is 19.1 Å². The van der Waals surface area contributed by atoms with Gasteiger partial charge in [0.05, 0.1) is 16.7 Å². The van der Waals surface area contributed by atoms with Crippen molar-refractivity contribution in [2.45, 2.75) is 39.3 Å². The van der Waals surface area contributed by atoms with Gasteiger partial charge in [0.15, 0.2) is 0 Å². The monoisotopic (exact) mass is 481 g/mol. The fourth-order valence-electron chi connectivity index (χ4n) is 4.71. The first-order valence-electron chi connectivity index (χ1n) is 10.9. The minimum Gasteiger partial charge on any atom is -0.265 e. The molecule has 33 heavy (non-hydrogen) atoms. The molecule has 3 atom stereocenters. The third-order valence-electron chi connectivity index (χ3n) is 6.13. The van der Waals surface area contributed by atoms with Gasteiger partial charge in [0.2, 0.25) is 5.69 Å². The number of hydrogen-bond acceptors (Lipinski definition) is 7. The van der Waals surface area contributed by atoms with Crippen molar-refractivity contribution in [3.63, 3.8) is 0 Å². The van der Waals surface area contributed by atoms with Crippen molar-refractivity contribution in [3.8, 4) is 0 Å². The highest BCUT2D eigenvalue weighted by Crippen LogP contribution is 2.47. The molecule has 1 aliphatic carbocycles. The van der Waals surface area contributed by atoms with Gasteiger partial charge in [0.1, 0.15) is 6.20 Å². The van der Waals surface area contributed by atoms with E-state index < -0.39 is 10.8 Å². The Bertz CT molecular complexity index is 1240. The first kappa shape index (κ1) is 21.7. The van der Waals surface area contributed by atoms with Gasteiger partial charge in [0, 0.05) is 22.2 Å².